The van der Waals surface area contributed by atoms with Crippen LogP contribution in [0.3, 0.4) is 0 Å². The van der Waals surface area contributed by atoms with Crippen LogP contribution in [0.25, 0.3) is 0 Å². The molecule has 1 aliphatic carbocycles. The first kappa shape index (κ1) is 13.8. The average molecular weight is 269 g/mol. The predicted octanol–water partition coefficient (Wildman–Crippen LogP) is 3.39. The molecular weight excluding hydrogens is 246 g/mol. The van der Waals surface area contributed by atoms with Gasteiger partial charge in [0.1, 0.15) is 6.26 Å². The summed E-state index contributed by atoms with van der Waals surface area (Å²) in [6.07, 6.45) is 6.62. The molecule has 4 heteroatoms. The largest absolute Gasteiger partial charge is 0.364 e. The van der Waals surface area contributed by atoms with Gasteiger partial charge in [-0.3, -0.25) is 4.21 Å². The zero-order valence-corrected chi connectivity index (χ0v) is 12.1. The Morgan fingerprint density at radius 1 is 1.33 bits per heavy atom. The van der Waals surface area contributed by atoms with Crippen LogP contribution in [-0.4, -0.2) is 15.1 Å². The summed E-state index contributed by atoms with van der Waals surface area (Å²) in [4.78, 5) is 0. The third-order valence-electron chi connectivity index (χ3n) is 3.83. The Hall–Kier alpha value is -0.640. The summed E-state index contributed by atoms with van der Waals surface area (Å²) in [6, 6.07) is 1.79. The van der Waals surface area contributed by atoms with Gasteiger partial charge >= 0.3 is 0 Å². The molecule has 0 aliphatic heterocycles. The van der Waals surface area contributed by atoms with Crippen molar-refractivity contribution in [2.75, 3.05) is 5.75 Å². The van der Waals surface area contributed by atoms with Crippen LogP contribution < -0.4 is 0 Å². The van der Waals surface area contributed by atoms with Crippen LogP contribution in [0.15, 0.2) is 16.9 Å². The second kappa shape index (κ2) is 6.50. The number of rotatable bonds is 5. The van der Waals surface area contributed by atoms with Gasteiger partial charge in [0.25, 0.3) is 0 Å². The van der Waals surface area contributed by atoms with E-state index in [9.17, 15) is 4.21 Å². The van der Waals surface area contributed by atoms with Crippen LogP contribution in [-0.2, 0) is 16.6 Å². The lowest BCUT2D eigenvalue weighted by Gasteiger charge is -2.31. The maximum Gasteiger partial charge on any atom is 0.124 e. The molecule has 3 atom stereocenters. The van der Waals surface area contributed by atoms with Gasteiger partial charge in [-0.05, 0) is 43.4 Å². The van der Waals surface area contributed by atoms with E-state index in [4.69, 9.17) is 4.52 Å². The van der Waals surface area contributed by atoms with Crippen molar-refractivity contribution in [3.05, 3.63) is 18.0 Å². The van der Waals surface area contributed by atoms with E-state index in [1.165, 1.54) is 25.5 Å². The Balaban J connectivity index is 1.72. The third kappa shape index (κ3) is 4.23. The quantitative estimate of drug-likeness (QED) is 0.823. The van der Waals surface area contributed by atoms with Crippen molar-refractivity contribution < 1.29 is 8.73 Å². The molecule has 0 bridgehead atoms. The number of nitrogens with zero attached hydrogens (tertiary/aromatic N) is 1. The molecule has 1 heterocycles. The Morgan fingerprint density at radius 2 is 2.06 bits per heavy atom. The van der Waals surface area contributed by atoms with Gasteiger partial charge in [-0.15, -0.1) is 0 Å². The molecule has 0 aromatic carbocycles. The van der Waals surface area contributed by atoms with Gasteiger partial charge in [0.05, 0.1) is 11.4 Å². The highest BCUT2D eigenvalue weighted by molar-refractivity contribution is 7.84. The SMILES string of the molecule is CC1CC(C)CC(CCS(=O)Cc2ccon2)C1. The van der Waals surface area contributed by atoms with Crippen LogP contribution in [0, 0.1) is 17.8 Å². The Labute approximate surface area is 112 Å². The van der Waals surface area contributed by atoms with Gasteiger partial charge in [-0.25, -0.2) is 0 Å². The third-order valence-corrected chi connectivity index (χ3v) is 5.14. The van der Waals surface area contributed by atoms with Gasteiger partial charge in [-0.2, -0.15) is 0 Å². The van der Waals surface area contributed by atoms with Crippen LogP contribution in [0.5, 0.6) is 0 Å². The zero-order chi connectivity index (χ0) is 13.0. The van der Waals surface area contributed by atoms with E-state index in [0.29, 0.717) is 5.75 Å². The summed E-state index contributed by atoms with van der Waals surface area (Å²) in [5.74, 6) is 3.78. The van der Waals surface area contributed by atoms with Crippen LogP contribution in [0.4, 0.5) is 0 Å². The van der Waals surface area contributed by atoms with Crippen molar-refractivity contribution in [3.8, 4) is 0 Å². The molecule has 0 amide bonds. The van der Waals surface area contributed by atoms with Crippen molar-refractivity contribution in [2.24, 2.45) is 17.8 Å². The topological polar surface area (TPSA) is 43.1 Å². The second-order valence-electron chi connectivity index (χ2n) is 5.85. The van der Waals surface area contributed by atoms with E-state index in [1.54, 1.807) is 6.07 Å². The van der Waals surface area contributed by atoms with E-state index in [0.717, 1.165) is 35.6 Å². The second-order valence-corrected chi connectivity index (χ2v) is 7.43. The molecule has 2 rings (SSSR count). The summed E-state index contributed by atoms with van der Waals surface area (Å²) in [5, 5.41) is 3.81. The Morgan fingerprint density at radius 3 is 2.67 bits per heavy atom. The van der Waals surface area contributed by atoms with Gasteiger partial charge < -0.3 is 4.52 Å². The molecule has 102 valence electrons. The molecule has 1 aromatic rings. The van der Waals surface area contributed by atoms with Gasteiger partial charge in [0.15, 0.2) is 0 Å². The van der Waals surface area contributed by atoms with Gasteiger partial charge in [0.2, 0.25) is 0 Å². The lowest BCUT2D eigenvalue weighted by Crippen LogP contribution is -2.21. The molecular formula is C14H23NO2S. The Bertz CT molecular complexity index is 367. The molecule has 3 nitrogen and oxygen atoms in total. The highest BCUT2D eigenvalue weighted by Gasteiger charge is 2.24. The van der Waals surface area contributed by atoms with Crippen molar-refractivity contribution >= 4 is 10.8 Å². The molecule has 0 spiro atoms. The fraction of sp³-hybridized carbons (Fsp3) is 0.786. The van der Waals surface area contributed by atoms with Gasteiger partial charge in [-0.1, -0.05) is 19.0 Å². The van der Waals surface area contributed by atoms with E-state index in [1.807, 2.05) is 0 Å². The minimum absolute atomic E-state index is 0.536. The standard InChI is InChI=1S/C14H23NO2S/c1-11-7-12(2)9-13(8-11)4-6-18(16)10-14-3-5-17-15-14/h3,5,11-13H,4,6-10H2,1-2H3. The molecule has 3 unspecified atom stereocenters. The van der Waals surface area contributed by atoms with Crippen molar-refractivity contribution in [1.29, 1.82) is 0 Å². The first-order valence-corrected chi connectivity index (χ1v) is 8.36. The van der Waals surface area contributed by atoms with Crippen LogP contribution in [0.2, 0.25) is 0 Å². The molecule has 1 fully saturated rings. The van der Waals surface area contributed by atoms with E-state index in [-0.39, 0.29) is 0 Å². The van der Waals surface area contributed by atoms with Crippen molar-refractivity contribution in [1.82, 2.24) is 5.16 Å². The minimum Gasteiger partial charge on any atom is -0.364 e. The summed E-state index contributed by atoms with van der Waals surface area (Å²) in [5.41, 5.74) is 0.804. The summed E-state index contributed by atoms with van der Waals surface area (Å²) in [6.45, 7) is 4.68. The van der Waals surface area contributed by atoms with E-state index >= 15 is 0 Å². The lowest BCUT2D eigenvalue weighted by molar-refractivity contribution is 0.215. The lowest BCUT2D eigenvalue weighted by atomic mass is 9.76. The average Bonchev–Trinajstić information content (AvgIpc) is 2.78. The highest BCUT2D eigenvalue weighted by Crippen LogP contribution is 2.34. The number of hydrogen-bond donors (Lipinski definition) is 0. The fourth-order valence-electron chi connectivity index (χ4n) is 3.20. The molecule has 1 saturated carbocycles. The van der Waals surface area contributed by atoms with Crippen LogP contribution in [0.1, 0.15) is 45.2 Å². The van der Waals surface area contributed by atoms with Crippen molar-refractivity contribution in [3.63, 3.8) is 0 Å². The number of aromatic nitrogens is 1. The summed E-state index contributed by atoms with van der Waals surface area (Å²) >= 11 is 0. The maximum atomic E-state index is 11.9. The normalized spacial score (nSPS) is 30.2. The highest BCUT2D eigenvalue weighted by atomic mass is 32.2. The van der Waals surface area contributed by atoms with Crippen molar-refractivity contribution in [2.45, 2.75) is 45.3 Å². The molecule has 18 heavy (non-hydrogen) atoms. The number of hydrogen-bond acceptors (Lipinski definition) is 3. The monoisotopic (exact) mass is 269 g/mol. The van der Waals surface area contributed by atoms with Crippen LogP contribution >= 0.6 is 0 Å². The summed E-state index contributed by atoms with van der Waals surface area (Å²) < 4.78 is 16.7. The maximum absolute atomic E-state index is 11.9. The minimum atomic E-state index is -0.796. The zero-order valence-electron chi connectivity index (χ0n) is 11.3. The fourth-order valence-corrected chi connectivity index (χ4v) is 4.42. The van der Waals surface area contributed by atoms with E-state index < -0.39 is 10.8 Å². The molecule has 0 saturated heterocycles. The Kier molecular flexibility index (Phi) is 4.98. The predicted molar refractivity (Wildman–Crippen MR) is 73.5 cm³/mol. The molecule has 1 aliphatic rings. The first-order valence-electron chi connectivity index (χ1n) is 6.87. The molecule has 0 radical (unpaired) electrons. The molecule has 0 N–H and O–H groups in total. The first-order chi connectivity index (χ1) is 8.63. The summed E-state index contributed by atoms with van der Waals surface area (Å²) in [7, 11) is -0.796. The smallest absolute Gasteiger partial charge is 0.124 e. The van der Waals surface area contributed by atoms with Gasteiger partial charge in [0, 0.05) is 22.6 Å². The van der Waals surface area contributed by atoms with E-state index in [2.05, 4.69) is 19.0 Å². The molecule has 1 aromatic heterocycles.